The molecule has 28 heavy (non-hydrogen) atoms. The Bertz CT molecular complexity index is 1150. The van der Waals surface area contributed by atoms with Crippen molar-refractivity contribution < 1.29 is 17.6 Å². The third-order valence-electron chi connectivity index (χ3n) is 4.91. The van der Waals surface area contributed by atoms with Gasteiger partial charge in [-0.15, -0.1) is 0 Å². The molecule has 0 nitrogen and oxygen atoms in total. The van der Waals surface area contributed by atoms with Gasteiger partial charge in [0.1, 0.15) is 23.3 Å². The second-order valence-electron chi connectivity index (χ2n) is 6.66. The minimum Gasteiger partial charge on any atom is -0.207 e. The van der Waals surface area contributed by atoms with E-state index < -0.39 is 23.3 Å². The van der Waals surface area contributed by atoms with Gasteiger partial charge < -0.3 is 0 Å². The van der Waals surface area contributed by atoms with Crippen LogP contribution in [0.1, 0.15) is 12.5 Å². The predicted molar refractivity (Wildman–Crippen MR) is 104 cm³/mol. The van der Waals surface area contributed by atoms with Gasteiger partial charge in [0.05, 0.1) is 5.56 Å². The standard InChI is InChI=1S/C24H16F4/c1-2-14-3-9-19-16(11-14)6-10-20(24(19)28)17-12-21(26)23(22(27)13-17)15-4-7-18(25)8-5-15/h3-13H,2H2,1H3. The Morgan fingerprint density at radius 2 is 1.36 bits per heavy atom. The van der Waals surface area contributed by atoms with E-state index in [0.717, 1.165) is 41.6 Å². The minimum absolute atomic E-state index is 0.111. The van der Waals surface area contributed by atoms with Gasteiger partial charge in [-0.3, -0.25) is 0 Å². The van der Waals surface area contributed by atoms with E-state index in [1.54, 1.807) is 12.1 Å². The molecule has 0 aromatic heterocycles. The summed E-state index contributed by atoms with van der Waals surface area (Å²) in [6.07, 6.45) is 0.834. The zero-order chi connectivity index (χ0) is 19.8. The summed E-state index contributed by atoms with van der Waals surface area (Å²) in [6, 6.07) is 15.8. The van der Waals surface area contributed by atoms with Crippen molar-refractivity contribution in [1.29, 1.82) is 0 Å². The van der Waals surface area contributed by atoms with Crippen LogP contribution in [0, 0.1) is 23.3 Å². The van der Waals surface area contributed by atoms with Crippen molar-refractivity contribution in [3.05, 3.63) is 95.6 Å². The molecule has 0 aliphatic rings. The predicted octanol–water partition coefficient (Wildman–Crippen LogP) is 7.29. The van der Waals surface area contributed by atoms with Gasteiger partial charge in [-0.2, -0.15) is 0 Å². The van der Waals surface area contributed by atoms with Gasteiger partial charge in [0.15, 0.2) is 0 Å². The monoisotopic (exact) mass is 380 g/mol. The molecular formula is C24H16F4. The number of rotatable bonds is 3. The third-order valence-corrected chi connectivity index (χ3v) is 4.91. The highest BCUT2D eigenvalue weighted by Gasteiger charge is 2.17. The molecule has 0 aliphatic carbocycles. The van der Waals surface area contributed by atoms with E-state index in [1.165, 1.54) is 18.2 Å². The Morgan fingerprint density at radius 1 is 0.679 bits per heavy atom. The first-order chi connectivity index (χ1) is 13.5. The highest BCUT2D eigenvalue weighted by atomic mass is 19.1. The summed E-state index contributed by atoms with van der Waals surface area (Å²) in [6.45, 7) is 2.01. The molecule has 0 aliphatic heterocycles. The lowest BCUT2D eigenvalue weighted by Gasteiger charge is -2.11. The zero-order valence-corrected chi connectivity index (χ0v) is 15.1. The minimum atomic E-state index is -0.831. The van der Waals surface area contributed by atoms with Crippen molar-refractivity contribution in [3.63, 3.8) is 0 Å². The normalized spacial score (nSPS) is 11.2. The fraction of sp³-hybridized carbons (Fsp3) is 0.0833. The fourth-order valence-electron chi connectivity index (χ4n) is 3.41. The van der Waals surface area contributed by atoms with E-state index in [0.29, 0.717) is 5.39 Å². The Morgan fingerprint density at radius 3 is 2.00 bits per heavy atom. The maximum Gasteiger partial charge on any atom is 0.138 e. The van der Waals surface area contributed by atoms with Crippen molar-refractivity contribution in [2.45, 2.75) is 13.3 Å². The second-order valence-corrected chi connectivity index (χ2v) is 6.66. The van der Waals surface area contributed by atoms with Crippen LogP contribution in [0.25, 0.3) is 33.0 Å². The average molecular weight is 380 g/mol. The molecule has 0 spiro atoms. The van der Waals surface area contributed by atoms with E-state index in [-0.39, 0.29) is 22.3 Å². The van der Waals surface area contributed by atoms with Gasteiger partial charge in [-0.1, -0.05) is 49.4 Å². The summed E-state index contributed by atoms with van der Waals surface area (Å²) in [4.78, 5) is 0. The van der Waals surface area contributed by atoms with E-state index in [4.69, 9.17) is 0 Å². The van der Waals surface area contributed by atoms with Crippen LogP contribution in [-0.2, 0) is 6.42 Å². The van der Waals surface area contributed by atoms with Crippen LogP contribution in [0.5, 0.6) is 0 Å². The van der Waals surface area contributed by atoms with E-state index in [2.05, 4.69) is 0 Å². The topological polar surface area (TPSA) is 0 Å². The largest absolute Gasteiger partial charge is 0.207 e. The zero-order valence-electron chi connectivity index (χ0n) is 15.1. The third kappa shape index (κ3) is 3.15. The first-order valence-corrected chi connectivity index (χ1v) is 8.94. The summed E-state index contributed by atoms with van der Waals surface area (Å²) >= 11 is 0. The fourth-order valence-corrected chi connectivity index (χ4v) is 3.41. The quantitative estimate of drug-likeness (QED) is 0.327. The van der Waals surface area contributed by atoms with Crippen molar-refractivity contribution >= 4 is 10.8 Å². The molecule has 0 radical (unpaired) electrons. The Kier molecular flexibility index (Phi) is 4.63. The molecule has 4 heteroatoms. The molecule has 0 unspecified atom stereocenters. The molecule has 4 aromatic carbocycles. The molecular weight excluding hydrogens is 364 g/mol. The van der Waals surface area contributed by atoms with Crippen molar-refractivity contribution in [2.24, 2.45) is 0 Å². The first kappa shape index (κ1) is 18.2. The Balaban J connectivity index is 1.84. The average Bonchev–Trinajstić information content (AvgIpc) is 2.68. The molecule has 0 saturated carbocycles. The number of aryl methyl sites for hydroxylation is 1. The number of benzene rings is 4. The molecule has 4 aromatic rings. The SMILES string of the molecule is CCc1ccc2c(F)c(-c3cc(F)c(-c4ccc(F)cc4)c(F)c3)ccc2c1. The molecule has 140 valence electrons. The van der Waals surface area contributed by atoms with Crippen LogP contribution in [0.3, 0.4) is 0 Å². The van der Waals surface area contributed by atoms with Crippen LogP contribution in [0.2, 0.25) is 0 Å². The van der Waals surface area contributed by atoms with Gasteiger partial charge in [0, 0.05) is 10.9 Å². The summed E-state index contributed by atoms with van der Waals surface area (Å²) < 4.78 is 57.5. The van der Waals surface area contributed by atoms with Crippen LogP contribution in [0.4, 0.5) is 17.6 Å². The molecule has 4 rings (SSSR count). The van der Waals surface area contributed by atoms with Gasteiger partial charge in [0.25, 0.3) is 0 Å². The lowest BCUT2D eigenvalue weighted by Crippen LogP contribution is -1.95. The maximum absolute atomic E-state index is 15.0. The maximum atomic E-state index is 15.0. The summed E-state index contributed by atoms with van der Waals surface area (Å²) in [5.41, 5.74) is 1.27. The molecule has 0 fully saturated rings. The Labute approximate surface area is 160 Å². The number of hydrogen-bond donors (Lipinski definition) is 0. The van der Waals surface area contributed by atoms with Crippen molar-refractivity contribution in [3.8, 4) is 22.3 Å². The van der Waals surface area contributed by atoms with Crippen LogP contribution in [0.15, 0.2) is 66.7 Å². The van der Waals surface area contributed by atoms with Crippen LogP contribution < -0.4 is 0 Å². The molecule has 0 saturated heterocycles. The first-order valence-electron chi connectivity index (χ1n) is 8.94. The van der Waals surface area contributed by atoms with Gasteiger partial charge in [-0.25, -0.2) is 17.6 Å². The second kappa shape index (κ2) is 7.12. The lowest BCUT2D eigenvalue weighted by molar-refractivity contribution is 0.589. The lowest BCUT2D eigenvalue weighted by atomic mass is 9.96. The number of halogens is 4. The van der Waals surface area contributed by atoms with Crippen LogP contribution >= 0.6 is 0 Å². The number of fused-ring (bicyclic) bond motifs is 1. The van der Waals surface area contributed by atoms with Gasteiger partial charge in [0.2, 0.25) is 0 Å². The van der Waals surface area contributed by atoms with Crippen molar-refractivity contribution in [2.75, 3.05) is 0 Å². The van der Waals surface area contributed by atoms with Gasteiger partial charge in [-0.05, 0) is 52.8 Å². The van der Waals surface area contributed by atoms with Crippen LogP contribution in [-0.4, -0.2) is 0 Å². The van der Waals surface area contributed by atoms with E-state index >= 15 is 4.39 Å². The molecule has 0 heterocycles. The van der Waals surface area contributed by atoms with Crippen molar-refractivity contribution in [1.82, 2.24) is 0 Å². The molecule has 0 N–H and O–H groups in total. The number of hydrogen-bond acceptors (Lipinski definition) is 0. The highest BCUT2D eigenvalue weighted by Crippen LogP contribution is 2.34. The van der Waals surface area contributed by atoms with Gasteiger partial charge >= 0.3 is 0 Å². The summed E-state index contributed by atoms with van der Waals surface area (Å²) in [5.74, 6) is -2.68. The summed E-state index contributed by atoms with van der Waals surface area (Å²) in [5, 5.41) is 1.14. The molecule has 0 amide bonds. The van der Waals surface area contributed by atoms with E-state index in [9.17, 15) is 13.2 Å². The highest BCUT2D eigenvalue weighted by molar-refractivity contribution is 5.89. The Hall–Kier alpha value is -3.14. The smallest absolute Gasteiger partial charge is 0.138 e. The van der Waals surface area contributed by atoms with E-state index in [1.807, 2.05) is 19.1 Å². The molecule has 0 bridgehead atoms. The molecule has 0 atom stereocenters. The summed E-state index contributed by atoms with van der Waals surface area (Å²) in [7, 11) is 0.